The molecule has 1 aromatic carbocycles. The first-order valence-electron chi connectivity index (χ1n) is 8.08. The lowest BCUT2D eigenvalue weighted by molar-refractivity contribution is 0.0597. The molecule has 140 valence electrons. The number of carbonyl (C=O) groups excluding carboxylic acids is 2. The number of amides is 1. The van der Waals surface area contributed by atoms with Crippen molar-refractivity contribution in [2.24, 2.45) is 0 Å². The van der Waals surface area contributed by atoms with Crippen LogP contribution in [0.1, 0.15) is 31.3 Å². The van der Waals surface area contributed by atoms with E-state index in [1.54, 1.807) is 36.6 Å². The molecule has 0 spiro atoms. The van der Waals surface area contributed by atoms with Gasteiger partial charge in [-0.3, -0.25) is 4.79 Å². The fraction of sp³-hybridized carbons (Fsp3) is 0.211. The number of carbonyl (C=O) groups is 2. The number of hydrogen-bond donors (Lipinski definition) is 1. The monoisotopic (exact) mass is 386 g/mol. The summed E-state index contributed by atoms with van der Waals surface area (Å²) in [5.41, 5.74) is 1.40. The molecule has 0 unspecified atom stereocenters. The molecule has 0 fully saturated rings. The zero-order valence-electron chi connectivity index (χ0n) is 15.1. The summed E-state index contributed by atoms with van der Waals surface area (Å²) >= 11 is 1.39. The van der Waals surface area contributed by atoms with Gasteiger partial charge in [-0.1, -0.05) is 6.07 Å². The maximum atomic E-state index is 12.5. The Labute approximate surface area is 159 Å². The standard InChI is InChI=1S/C19H18N2O5S/c1-11-16(21-18(27-11)15-5-4-8-26-15)17(22)20-10-12-6-7-14(24-2)13(9-12)19(23)25-3/h4-9H,10H2,1-3H3,(H,20,22). The molecule has 2 aromatic heterocycles. The normalized spacial score (nSPS) is 10.5. The molecule has 1 N–H and O–H groups in total. The molecule has 0 radical (unpaired) electrons. The average Bonchev–Trinajstić information content (AvgIpc) is 3.34. The Morgan fingerprint density at radius 3 is 2.74 bits per heavy atom. The van der Waals surface area contributed by atoms with E-state index in [2.05, 4.69) is 10.3 Å². The van der Waals surface area contributed by atoms with E-state index in [-0.39, 0.29) is 12.5 Å². The minimum absolute atomic E-state index is 0.236. The summed E-state index contributed by atoms with van der Waals surface area (Å²) in [6.45, 7) is 2.07. The van der Waals surface area contributed by atoms with Gasteiger partial charge in [0.25, 0.3) is 5.91 Å². The smallest absolute Gasteiger partial charge is 0.341 e. The first-order valence-corrected chi connectivity index (χ1v) is 8.90. The second-order valence-electron chi connectivity index (χ2n) is 5.61. The third-order valence-electron chi connectivity index (χ3n) is 3.87. The van der Waals surface area contributed by atoms with Crippen molar-refractivity contribution in [1.29, 1.82) is 0 Å². The van der Waals surface area contributed by atoms with Gasteiger partial charge < -0.3 is 19.2 Å². The third-order valence-corrected chi connectivity index (χ3v) is 4.85. The van der Waals surface area contributed by atoms with Gasteiger partial charge in [-0.05, 0) is 36.8 Å². The number of nitrogens with zero attached hydrogens (tertiary/aromatic N) is 1. The number of ether oxygens (including phenoxy) is 2. The van der Waals surface area contributed by atoms with Gasteiger partial charge in [0.2, 0.25) is 0 Å². The second kappa shape index (κ2) is 8.05. The summed E-state index contributed by atoms with van der Waals surface area (Å²) in [6, 6.07) is 8.64. The zero-order valence-corrected chi connectivity index (χ0v) is 15.9. The Morgan fingerprint density at radius 1 is 1.26 bits per heavy atom. The molecule has 0 aliphatic rings. The van der Waals surface area contributed by atoms with Crippen LogP contribution in [0.15, 0.2) is 41.0 Å². The quantitative estimate of drug-likeness (QED) is 0.653. The molecule has 0 bridgehead atoms. The predicted octanol–water partition coefficient (Wildman–Crippen LogP) is 3.44. The molecule has 3 rings (SSSR count). The van der Waals surface area contributed by atoms with Crippen LogP contribution in [-0.4, -0.2) is 31.1 Å². The van der Waals surface area contributed by atoms with E-state index in [0.717, 1.165) is 10.4 Å². The molecule has 3 aromatic rings. The minimum atomic E-state index is -0.501. The van der Waals surface area contributed by atoms with E-state index >= 15 is 0 Å². The number of esters is 1. The van der Waals surface area contributed by atoms with Crippen LogP contribution in [0.4, 0.5) is 0 Å². The molecule has 0 atom stereocenters. The molecule has 0 aliphatic carbocycles. The van der Waals surface area contributed by atoms with Crippen molar-refractivity contribution < 1.29 is 23.5 Å². The fourth-order valence-corrected chi connectivity index (χ4v) is 3.39. The van der Waals surface area contributed by atoms with Crippen LogP contribution in [-0.2, 0) is 11.3 Å². The number of rotatable bonds is 6. The summed E-state index contributed by atoms with van der Waals surface area (Å²) in [7, 11) is 2.78. The van der Waals surface area contributed by atoms with Crippen molar-refractivity contribution in [2.75, 3.05) is 14.2 Å². The molecular formula is C19H18N2O5S. The van der Waals surface area contributed by atoms with Crippen LogP contribution in [0.5, 0.6) is 5.75 Å². The van der Waals surface area contributed by atoms with Crippen LogP contribution >= 0.6 is 11.3 Å². The topological polar surface area (TPSA) is 90.7 Å². The van der Waals surface area contributed by atoms with Gasteiger partial charge in [-0.2, -0.15) is 0 Å². The average molecular weight is 386 g/mol. The summed E-state index contributed by atoms with van der Waals surface area (Å²) in [6.07, 6.45) is 1.56. The number of aryl methyl sites for hydroxylation is 1. The Bertz CT molecular complexity index is 963. The van der Waals surface area contributed by atoms with E-state index in [0.29, 0.717) is 27.8 Å². The number of benzene rings is 1. The van der Waals surface area contributed by atoms with Gasteiger partial charge in [0.15, 0.2) is 10.8 Å². The van der Waals surface area contributed by atoms with Crippen LogP contribution in [0.3, 0.4) is 0 Å². The molecule has 0 aliphatic heterocycles. The highest BCUT2D eigenvalue weighted by molar-refractivity contribution is 7.15. The first-order chi connectivity index (χ1) is 13.0. The lowest BCUT2D eigenvalue weighted by atomic mass is 10.1. The van der Waals surface area contributed by atoms with Crippen LogP contribution in [0, 0.1) is 6.92 Å². The predicted molar refractivity (Wildman–Crippen MR) is 100 cm³/mol. The number of aromatic nitrogens is 1. The zero-order chi connectivity index (χ0) is 19.4. The van der Waals surface area contributed by atoms with E-state index < -0.39 is 5.97 Å². The van der Waals surface area contributed by atoms with Crippen molar-refractivity contribution in [1.82, 2.24) is 10.3 Å². The van der Waals surface area contributed by atoms with Gasteiger partial charge >= 0.3 is 5.97 Å². The Balaban J connectivity index is 1.74. The number of furan rings is 1. The van der Waals surface area contributed by atoms with Crippen molar-refractivity contribution >= 4 is 23.2 Å². The van der Waals surface area contributed by atoms with Crippen LogP contribution < -0.4 is 10.1 Å². The molecular weight excluding hydrogens is 368 g/mol. The summed E-state index contributed by atoms with van der Waals surface area (Å²) in [5.74, 6) is 0.242. The lowest BCUT2D eigenvalue weighted by Crippen LogP contribution is -2.24. The van der Waals surface area contributed by atoms with Gasteiger partial charge in [-0.15, -0.1) is 11.3 Å². The molecule has 7 nitrogen and oxygen atoms in total. The maximum Gasteiger partial charge on any atom is 0.341 e. The van der Waals surface area contributed by atoms with Gasteiger partial charge in [0.1, 0.15) is 17.0 Å². The number of nitrogens with one attached hydrogen (secondary N) is 1. The second-order valence-corrected chi connectivity index (χ2v) is 6.81. The highest BCUT2D eigenvalue weighted by atomic mass is 32.1. The lowest BCUT2D eigenvalue weighted by Gasteiger charge is -2.10. The number of hydrogen-bond acceptors (Lipinski definition) is 7. The fourth-order valence-electron chi connectivity index (χ4n) is 2.51. The maximum absolute atomic E-state index is 12.5. The first kappa shape index (κ1) is 18.7. The van der Waals surface area contributed by atoms with Crippen molar-refractivity contribution in [3.8, 4) is 16.5 Å². The minimum Gasteiger partial charge on any atom is -0.496 e. The Kier molecular flexibility index (Phi) is 5.56. The Hall–Kier alpha value is -3.13. The molecule has 0 saturated heterocycles. The van der Waals surface area contributed by atoms with E-state index in [4.69, 9.17) is 13.9 Å². The van der Waals surface area contributed by atoms with Crippen LogP contribution in [0.25, 0.3) is 10.8 Å². The summed E-state index contributed by atoms with van der Waals surface area (Å²) in [5, 5.41) is 3.47. The molecule has 8 heteroatoms. The third kappa shape index (κ3) is 4.01. The SMILES string of the molecule is COC(=O)c1cc(CNC(=O)c2nc(-c3ccco3)sc2C)ccc1OC. The number of thiazole rings is 1. The molecule has 27 heavy (non-hydrogen) atoms. The van der Waals surface area contributed by atoms with E-state index in [9.17, 15) is 9.59 Å². The van der Waals surface area contributed by atoms with Gasteiger partial charge in [-0.25, -0.2) is 9.78 Å². The van der Waals surface area contributed by atoms with Gasteiger partial charge in [0, 0.05) is 11.4 Å². The molecule has 2 heterocycles. The summed E-state index contributed by atoms with van der Waals surface area (Å²) < 4.78 is 15.3. The van der Waals surface area contributed by atoms with Crippen molar-refractivity contribution in [2.45, 2.75) is 13.5 Å². The van der Waals surface area contributed by atoms with Crippen molar-refractivity contribution in [3.05, 3.63) is 58.3 Å². The van der Waals surface area contributed by atoms with E-state index in [1.165, 1.54) is 25.6 Å². The van der Waals surface area contributed by atoms with Gasteiger partial charge in [0.05, 0.1) is 20.5 Å². The molecule has 1 amide bonds. The highest BCUT2D eigenvalue weighted by Crippen LogP contribution is 2.28. The Morgan fingerprint density at radius 2 is 2.07 bits per heavy atom. The van der Waals surface area contributed by atoms with Crippen LogP contribution in [0.2, 0.25) is 0 Å². The van der Waals surface area contributed by atoms with E-state index in [1.807, 2.05) is 6.92 Å². The number of methoxy groups -OCH3 is 2. The largest absolute Gasteiger partial charge is 0.496 e. The highest BCUT2D eigenvalue weighted by Gasteiger charge is 2.18. The summed E-state index contributed by atoms with van der Waals surface area (Å²) in [4.78, 5) is 29.5. The van der Waals surface area contributed by atoms with Crippen molar-refractivity contribution in [3.63, 3.8) is 0 Å². The molecule has 0 saturated carbocycles.